The van der Waals surface area contributed by atoms with Crippen molar-refractivity contribution < 1.29 is 41.1 Å². The second-order valence-corrected chi connectivity index (χ2v) is 9.88. The smallest absolute Gasteiger partial charge is 0.412 e. The van der Waals surface area contributed by atoms with Crippen molar-refractivity contribution in [2.75, 3.05) is 17.1 Å². The molecule has 2 N–H and O–H groups in total. The van der Waals surface area contributed by atoms with Crippen molar-refractivity contribution in [1.29, 1.82) is 0 Å². The number of primary amides is 1. The predicted octanol–water partition coefficient (Wildman–Crippen LogP) is 3.62. The molecule has 0 aliphatic heterocycles. The van der Waals surface area contributed by atoms with E-state index >= 15 is 0 Å². The zero-order chi connectivity index (χ0) is 26.1. The van der Waals surface area contributed by atoms with E-state index in [9.17, 15) is 27.2 Å². The molecule has 35 heavy (non-hydrogen) atoms. The summed E-state index contributed by atoms with van der Waals surface area (Å²) in [7, 11) is -3.94. The van der Waals surface area contributed by atoms with Gasteiger partial charge in [-0.3, -0.25) is 9.10 Å². The zero-order valence-electron chi connectivity index (χ0n) is 19.3. The first-order valence-corrected chi connectivity index (χ1v) is 12.1. The number of ether oxygens (including phenoxy) is 2. The first-order valence-electron chi connectivity index (χ1n) is 10.3. The molecule has 2 aromatic carbocycles. The average molecular weight is 507 g/mol. The van der Waals surface area contributed by atoms with Gasteiger partial charge in [-0.05, 0) is 51.1 Å². The predicted molar refractivity (Wildman–Crippen MR) is 125 cm³/mol. The average Bonchev–Trinajstić information content (AvgIpc) is 3.08. The largest absolute Gasteiger partial charge is 0.489 e. The van der Waals surface area contributed by atoms with Crippen molar-refractivity contribution in [3.8, 4) is 17.1 Å². The zero-order valence-corrected chi connectivity index (χ0v) is 20.1. The van der Waals surface area contributed by atoms with Crippen molar-refractivity contribution in [3.05, 3.63) is 47.8 Å². The lowest BCUT2D eigenvalue weighted by Gasteiger charge is -2.24. The number of benzene rings is 2. The second kappa shape index (κ2) is 9.74. The number of carbonyl (C=O) groups excluding carboxylic acids is 3. The van der Waals surface area contributed by atoms with E-state index in [0.29, 0.717) is 0 Å². The van der Waals surface area contributed by atoms with Crippen molar-refractivity contribution >= 4 is 44.5 Å². The molecule has 0 aliphatic carbocycles. The Morgan fingerprint density at radius 2 is 1.77 bits per heavy atom. The van der Waals surface area contributed by atoms with Crippen LogP contribution in [0.15, 0.2) is 40.8 Å². The van der Waals surface area contributed by atoms with Gasteiger partial charge in [0.1, 0.15) is 34.3 Å². The maximum absolute atomic E-state index is 13.5. The standard InChI is InChI=1S/C23H23FN2O8S/c1-12(2)32-19-9-16-18(10-17(19)26(11-13(3)27)35(4,30)31)33-21(14-5-7-15(24)8-6-14)20(16)22(28)34-23(25)29/h5-10,12H,11H2,1-4H3,(H2,25,29). The van der Waals surface area contributed by atoms with E-state index in [0.717, 1.165) is 22.7 Å². The number of rotatable bonds is 8. The molecule has 186 valence electrons. The highest BCUT2D eigenvalue weighted by Crippen LogP contribution is 2.41. The number of halogens is 1. The fraction of sp³-hybridized carbons (Fsp3) is 0.261. The minimum atomic E-state index is -3.94. The topological polar surface area (TPSA) is 146 Å². The number of furan rings is 1. The molecule has 3 rings (SSSR count). The van der Waals surface area contributed by atoms with E-state index in [1.54, 1.807) is 13.8 Å². The van der Waals surface area contributed by atoms with Crippen LogP contribution in [-0.2, 0) is 19.6 Å². The molecule has 0 aliphatic rings. The van der Waals surface area contributed by atoms with Gasteiger partial charge in [-0.15, -0.1) is 0 Å². The highest BCUT2D eigenvalue weighted by atomic mass is 32.2. The third-order valence-corrected chi connectivity index (χ3v) is 5.80. The van der Waals surface area contributed by atoms with Gasteiger partial charge >= 0.3 is 12.1 Å². The Kier molecular flexibility index (Phi) is 7.15. The van der Waals surface area contributed by atoms with Crippen LogP contribution in [0.25, 0.3) is 22.3 Å². The van der Waals surface area contributed by atoms with Crippen LogP contribution >= 0.6 is 0 Å². The summed E-state index contributed by atoms with van der Waals surface area (Å²) in [5.74, 6) is -2.14. The SMILES string of the molecule is CC(=O)CN(c1cc2oc(-c3ccc(F)cc3)c(C(=O)OC(N)=O)c2cc1OC(C)C)S(C)(=O)=O. The molecule has 12 heteroatoms. The van der Waals surface area contributed by atoms with E-state index in [4.69, 9.17) is 14.9 Å². The minimum Gasteiger partial charge on any atom is -0.489 e. The number of hydrogen-bond donors (Lipinski definition) is 1. The Morgan fingerprint density at radius 3 is 2.29 bits per heavy atom. The Hall–Kier alpha value is -3.93. The maximum Gasteiger partial charge on any atom is 0.412 e. The summed E-state index contributed by atoms with van der Waals surface area (Å²) in [5.41, 5.74) is 5.10. The molecule has 1 heterocycles. The normalized spacial score (nSPS) is 11.5. The molecule has 0 fully saturated rings. The van der Waals surface area contributed by atoms with Crippen LogP contribution in [0.1, 0.15) is 31.1 Å². The Labute approximate surface area is 200 Å². The Morgan fingerprint density at radius 1 is 1.14 bits per heavy atom. The minimum absolute atomic E-state index is 0.00174. The van der Waals surface area contributed by atoms with E-state index in [-0.39, 0.29) is 39.3 Å². The van der Waals surface area contributed by atoms with Crippen molar-refractivity contribution in [3.63, 3.8) is 0 Å². The van der Waals surface area contributed by atoms with Crippen LogP contribution in [0.3, 0.4) is 0 Å². The number of nitrogens with zero attached hydrogens (tertiary/aromatic N) is 1. The lowest BCUT2D eigenvalue weighted by Crippen LogP contribution is -2.34. The highest BCUT2D eigenvalue weighted by molar-refractivity contribution is 7.92. The Balaban J connectivity index is 2.38. The number of fused-ring (bicyclic) bond motifs is 1. The van der Waals surface area contributed by atoms with Gasteiger partial charge in [-0.1, -0.05) is 0 Å². The van der Waals surface area contributed by atoms with Gasteiger partial charge in [0.25, 0.3) is 0 Å². The van der Waals surface area contributed by atoms with Gasteiger partial charge in [0.2, 0.25) is 10.0 Å². The molecule has 3 aromatic rings. The van der Waals surface area contributed by atoms with Crippen molar-refractivity contribution in [2.45, 2.75) is 26.9 Å². The molecule has 0 atom stereocenters. The quantitative estimate of drug-likeness (QED) is 0.360. The van der Waals surface area contributed by atoms with E-state index < -0.39 is 46.3 Å². The number of nitrogens with two attached hydrogens (primary N) is 1. The number of esters is 1. The van der Waals surface area contributed by atoms with Crippen LogP contribution < -0.4 is 14.8 Å². The van der Waals surface area contributed by atoms with Gasteiger partial charge in [-0.25, -0.2) is 22.4 Å². The van der Waals surface area contributed by atoms with E-state index in [1.807, 2.05) is 0 Å². The summed E-state index contributed by atoms with van der Waals surface area (Å²) in [6.45, 7) is 4.16. The van der Waals surface area contributed by atoms with Gasteiger partial charge in [0.05, 0.1) is 24.6 Å². The second-order valence-electron chi connectivity index (χ2n) is 7.98. The van der Waals surface area contributed by atoms with Gasteiger partial charge < -0.3 is 19.6 Å². The first-order chi connectivity index (χ1) is 16.3. The molecule has 0 spiro atoms. The van der Waals surface area contributed by atoms with Crippen molar-refractivity contribution in [1.82, 2.24) is 0 Å². The number of sulfonamides is 1. The summed E-state index contributed by atoms with van der Waals surface area (Å²) in [6, 6.07) is 7.62. The summed E-state index contributed by atoms with van der Waals surface area (Å²) >= 11 is 0. The van der Waals surface area contributed by atoms with Crippen LogP contribution in [0.4, 0.5) is 14.9 Å². The van der Waals surface area contributed by atoms with Crippen LogP contribution in [0, 0.1) is 5.82 Å². The molecular formula is C23H23FN2O8S. The lowest BCUT2D eigenvalue weighted by molar-refractivity contribution is -0.115. The third kappa shape index (κ3) is 5.77. The molecule has 10 nitrogen and oxygen atoms in total. The van der Waals surface area contributed by atoms with Crippen molar-refractivity contribution in [2.24, 2.45) is 5.73 Å². The molecule has 0 unspecified atom stereocenters. The van der Waals surface area contributed by atoms with E-state index in [2.05, 4.69) is 4.74 Å². The number of anilines is 1. The van der Waals surface area contributed by atoms with Crippen LogP contribution in [-0.4, -0.2) is 45.2 Å². The number of carbonyl (C=O) groups is 3. The summed E-state index contributed by atoms with van der Waals surface area (Å²) in [6.07, 6.45) is -0.843. The highest BCUT2D eigenvalue weighted by Gasteiger charge is 2.30. The van der Waals surface area contributed by atoms with E-state index in [1.165, 1.54) is 31.2 Å². The monoisotopic (exact) mass is 506 g/mol. The third-order valence-electron chi connectivity index (χ3n) is 4.67. The number of hydrogen-bond acceptors (Lipinski definition) is 8. The van der Waals surface area contributed by atoms with Gasteiger partial charge in [0, 0.05) is 17.0 Å². The molecule has 0 bridgehead atoms. The molecule has 1 aromatic heterocycles. The summed E-state index contributed by atoms with van der Waals surface area (Å²) in [4.78, 5) is 35.9. The molecule has 0 saturated heterocycles. The fourth-order valence-corrected chi connectivity index (χ4v) is 4.30. The first kappa shape index (κ1) is 25.7. The Bertz CT molecular complexity index is 1410. The number of ketones is 1. The number of Topliss-reactive ketones (excluding diaryl/α,β-unsaturated/α-hetero) is 1. The lowest BCUT2D eigenvalue weighted by atomic mass is 10.0. The number of amides is 1. The van der Waals surface area contributed by atoms with Crippen LogP contribution in [0.5, 0.6) is 5.75 Å². The molecule has 1 amide bonds. The molecule has 0 saturated carbocycles. The molecular weight excluding hydrogens is 483 g/mol. The molecule has 0 radical (unpaired) electrons. The maximum atomic E-state index is 13.5. The fourth-order valence-electron chi connectivity index (χ4n) is 3.39. The summed E-state index contributed by atoms with van der Waals surface area (Å²) in [5, 5.41) is 0.117. The summed E-state index contributed by atoms with van der Waals surface area (Å²) < 4.78 is 55.6. The van der Waals surface area contributed by atoms with Crippen LogP contribution in [0.2, 0.25) is 0 Å². The van der Waals surface area contributed by atoms with Gasteiger partial charge in [0.15, 0.2) is 0 Å². The van der Waals surface area contributed by atoms with Gasteiger partial charge in [-0.2, -0.15) is 0 Å².